The molecule has 1 aliphatic carbocycles. The molecule has 2 amide bonds. The van der Waals surface area contributed by atoms with Crippen molar-refractivity contribution in [2.75, 3.05) is 4.90 Å². The SMILES string of the molecule is CCC1C(=O)NC(C2CC2)C(=O)N1c1cncnc1. The molecule has 1 saturated heterocycles. The van der Waals surface area contributed by atoms with E-state index < -0.39 is 6.04 Å². The molecule has 0 aromatic carbocycles. The minimum Gasteiger partial charge on any atom is -0.342 e. The van der Waals surface area contributed by atoms with Crippen molar-refractivity contribution in [3.05, 3.63) is 18.7 Å². The molecule has 19 heavy (non-hydrogen) atoms. The van der Waals surface area contributed by atoms with Gasteiger partial charge in [0.1, 0.15) is 18.4 Å². The van der Waals surface area contributed by atoms with Crippen LogP contribution in [0.5, 0.6) is 0 Å². The first kappa shape index (κ1) is 12.1. The Bertz CT molecular complexity index is 501. The minimum atomic E-state index is -0.464. The van der Waals surface area contributed by atoms with Crippen LogP contribution in [0.4, 0.5) is 5.69 Å². The van der Waals surface area contributed by atoms with Crippen LogP contribution < -0.4 is 10.2 Å². The molecule has 0 bridgehead atoms. The molecule has 1 aromatic heterocycles. The maximum atomic E-state index is 12.6. The van der Waals surface area contributed by atoms with Crippen LogP contribution in [0.25, 0.3) is 0 Å². The third-order valence-electron chi connectivity index (χ3n) is 3.72. The molecule has 100 valence electrons. The van der Waals surface area contributed by atoms with Crippen LogP contribution in [-0.2, 0) is 9.59 Å². The predicted molar refractivity (Wildman–Crippen MR) is 68.3 cm³/mol. The second-order valence-electron chi connectivity index (χ2n) is 5.05. The van der Waals surface area contributed by atoms with Crippen molar-refractivity contribution < 1.29 is 9.59 Å². The highest BCUT2D eigenvalue weighted by Crippen LogP contribution is 2.36. The number of amides is 2. The first-order chi connectivity index (χ1) is 9.22. The molecule has 1 N–H and O–H groups in total. The molecular weight excluding hydrogens is 244 g/mol. The van der Waals surface area contributed by atoms with Gasteiger partial charge in [0, 0.05) is 0 Å². The summed E-state index contributed by atoms with van der Waals surface area (Å²) in [6.07, 6.45) is 7.16. The van der Waals surface area contributed by atoms with Gasteiger partial charge in [0.05, 0.1) is 18.1 Å². The zero-order chi connectivity index (χ0) is 13.4. The molecule has 0 radical (unpaired) electrons. The Labute approximate surface area is 111 Å². The zero-order valence-corrected chi connectivity index (χ0v) is 10.7. The van der Waals surface area contributed by atoms with Gasteiger partial charge < -0.3 is 5.32 Å². The molecular formula is C13H16N4O2. The molecule has 2 heterocycles. The van der Waals surface area contributed by atoms with E-state index >= 15 is 0 Å². The monoisotopic (exact) mass is 260 g/mol. The van der Waals surface area contributed by atoms with Crippen LogP contribution in [0.15, 0.2) is 18.7 Å². The van der Waals surface area contributed by atoms with E-state index in [1.807, 2.05) is 6.92 Å². The van der Waals surface area contributed by atoms with Gasteiger partial charge in [-0.15, -0.1) is 0 Å². The van der Waals surface area contributed by atoms with Crippen molar-refractivity contribution in [3.8, 4) is 0 Å². The normalized spacial score (nSPS) is 27.3. The van der Waals surface area contributed by atoms with E-state index in [0.717, 1.165) is 12.8 Å². The highest BCUT2D eigenvalue weighted by molar-refractivity contribution is 6.08. The second-order valence-corrected chi connectivity index (χ2v) is 5.05. The maximum absolute atomic E-state index is 12.6. The summed E-state index contributed by atoms with van der Waals surface area (Å²) in [7, 11) is 0. The first-order valence-corrected chi connectivity index (χ1v) is 6.61. The van der Waals surface area contributed by atoms with Gasteiger partial charge in [0.2, 0.25) is 5.91 Å². The Hall–Kier alpha value is -1.98. The third-order valence-corrected chi connectivity index (χ3v) is 3.72. The predicted octanol–water partition coefficient (Wildman–Crippen LogP) is 0.497. The topological polar surface area (TPSA) is 75.2 Å². The summed E-state index contributed by atoms with van der Waals surface area (Å²) in [5.74, 6) is 0.174. The highest BCUT2D eigenvalue weighted by Gasteiger charge is 2.46. The van der Waals surface area contributed by atoms with Crippen LogP contribution >= 0.6 is 0 Å². The molecule has 1 aliphatic heterocycles. The van der Waals surface area contributed by atoms with E-state index in [9.17, 15) is 9.59 Å². The van der Waals surface area contributed by atoms with Crippen molar-refractivity contribution in [1.29, 1.82) is 0 Å². The van der Waals surface area contributed by atoms with Crippen LogP contribution in [0.2, 0.25) is 0 Å². The van der Waals surface area contributed by atoms with Gasteiger partial charge >= 0.3 is 0 Å². The molecule has 2 aliphatic rings. The van der Waals surface area contributed by atoms with Crippen molar-refractivity contribution in [1.82, 2.24) is 15.3 Å². The molecule has 6 heteroatoms. The van der Waals surface area contributed by atoms with E-state index in [0.29, 0.717) is 18.0 Å². The van der Waals surface area contributed by atoms with Gasteiger partial charge in [-0.25, -0.2) is 9.97 Å². The fourth-order valence-electron chi connectivity index (χ4n) is 2.57. The maximum Gasteiger partial charge on any atom is 0.250 e. The Morgan fingerprint density at radius 1 is 1.32 bits per heavy atom. The number of carbonyl (C=O) groups excluding carboxylic acids is 2. The van der Waals surface area contributed by atoms with Crippen molar-refractivity contribution in [2.45, 2.75) is 38.3 Å². The number of hydrogen-bond donors (Lipinski definition) is 1. The standard InChI is InChI=1S/C13H16N4O2/c1-2-10-12(18)16-11(8-3-4-8)13(19)17(10)9-5-14-7-15-6-9/h5-8,10-11H,2-4H2,1H3,(H,16,18). The number of nitrogens with one attached hydrogen (secondary N) is 1. The molecule has 1 saturated carbocycles. The van der Waals surface area contributed by atoms with Crippen molar-refractivity contribution in [2.24, 2.45) is 5.92 Å². The third kappa shape index (κ3) is 2.07. The van der Waals surface area contributed by atoms with E-state index in [1.54, 1.807) is 17.3 Å². The van der Waals surface area contributed by atoms with Crippen molar-refractivity contribution >= 4 is 17.5 Å². The number of piperazine rings is 1. The first-order valence-electron chi connectivity index (χ1n) is 6.61. The highest BCUT2D eigenvalue weighted by atomic mass is 16.2. The molecule has 2 atom stereocenters. The Balaban J connectivity index is 1.96. The molecule has 6 nitrogen and oxygen atoms in total. The lowest BCUT2D eigenvalue weighted by atomic mass is 10.0. The lowest BCUT2D eigenvalue weighted by Crippen LogP contribution is -2.64. The van der Waals surface area contributed by atoms with E-state index in [-0.39, 0.29) is 17.9 Å². The van der Waals surface area contributed by atoms with Crippen LogP contribution in [0.3, 0.4) is 0 Å². The molecule has 2 fully saturated rings. The van der Waals surface area contributed by atoms with Gasteiger partial charge in [-0.3, -0.25) is 14.5 Å². The van der Waals surface area contributed by atoms with Gasteiger partial charge in [-0.2, -0.15) is 0 Å². The summed E-state index contributed by atoms with van der Waals surface area (Å²) in [5, 5.41) is 2.86. The summed E-state index contributed by atoms with van der Waals surface area (Å²) in [6.45, 7) is 1.89. The lowest BCUT2D eigenvalue weighted by molar-refractivity contribution is -0.134. The Kier molecular flexibility index (Phi) is 2.93. The minimum absolute atomic E-state index is 0.0382. The van der Waals surface area contributed by atoms with Crippen LogP contribution in [-0.4, -0.2) is 33.9 Å². The summed E-state index contributed by atoms with van der Waals surface area (Å²) >= 11 is 0. The lowest BCUT2D eigenvalue weighted by Gasteiger charge is -2.38. The summed E-state index contributed by atoms with van der Waals surface area (Å²) in [4.78, 5) is 34.2. The average molecular weight is 260 g/mol. The van der Waals surface area contributed by atoms with E-state index in [2.05, 4.69) is 15.3 Å². The smallest absolute Gasteiger partial charge is 0.250 e. The molecule has 3 rings (SSSR count). The summed E-state index contributed by atoms with van der Waals surface area (Å²) in [6, 6.07) is -0.844. The van der Waals surface area contributed by atoms with Crippen LogP contribution in [0, 0.1) is 5.92 Å². The fraction of sp³-hybridized carbons (Fsp3) is 0.538. The Morgan fingerprint density at radius 2 is 2.00 bits per heavy atom. The van der Waals surface area contributed by atoms with E-state index in [1.165, 1.54) is 6.33 Å². The largest absolute Gasteiger partial charge is 0.342 e. The van der Waals surface area contributed by atoms with Crippen molar-refractivity contribution in [3.63, 3.8) is 0 Å². The Morgan fingerprint density at radius 3 is 2.58 bits per heavy atom. The van der Waals surface area contributed by atoms with Gasteiger partial charge in [0.25, 0.3) is 5.91 Å². The molecule has 2 unspecified atom stereocenters. The zero-order valence-electron chi connectivity index (χ0n) is 10.7. The summed E-state index contributed by atoms with van der Waals surface area (Å²) in [5.41, 5.74) is 0.597. The molecule has 0 spiro atoms. The number of hydrogen-bond acceptors (Lipinski definition) is 4. The number of rotatable bonds is 3. The van der Waals surface area contributed by atoms with E-state index in [4.69, 9.17) is 0 Å². The van der Waals surface area contributed by atoms with Crippen LogP contribution in [0.1, 0.15) is 26.2 Å². The second kappa shape index (κ2) is 4.60. The van der Waals surface area contributed by atoms with Gasteiger partial charge in [-0.1, -0.05) is 6.92 Å². The van der Waals surface area contributed by atoms with Gasteiger partial charge in [0.15, 0.2) is 0 Å². The average Bonchev–Trinajstić information content (AvgIpc) is 3.26. The van der Waals surface area contributed by atoms with Gasteiger partial charge in [-0.05, 0) is 25.2 Å². The number of anilines is 1. The fourth-order valence-corrected chi connectivity index (χ4v) is 2.57. The quantitative estimate of drug-likeness (QED) is 0.858. The number of carbonyl (C=O) groups is 2. The number of nitrogens with zero attached hydrogens (tertiary/aromatic N) is 3. The summed E-state index contributed by atoms with van der Waals surface area (Å²) < 4.78 is 0. The number of aromatic nitrogens is 2. The molecule has 1 aromatic rings.